The Kier molecular flexibility index (Phi) is 4.01. The summed E-state index contributed by atoms with van der Waals surface area (Å²) < 4.78 is 1.35. The van der Waals surface area contributed by atoms with Crippen molar-refractivity contribution in [2.24, 2.45) is 5.10 Å². The van der Waals surface area contributed by atoms with Crippen LogP contribution in [0.15, 0.2) is 77.2 Å². The van der Waals surface area contributed by atoms with Crippen LogP contribution in [0.25, 0.3) is 20.9 Å². The molecule has 0 amide bonds. The van der Waals surface area contributed by atoms with Gasteiger partial charge in [0.25, 0.3) is 0 Å². The Labute approximate surface area is 145 Å². The molecule has 4 aromatic rings. The number of thiophene rings is 1. The van der Waals surface area contributed by atoms with Crippen molar-refractivity contribution in [2.75, 3.05) is 7.05 Å². The fourth-order valence-corrected chi connectivity index (χ4v) is 3.83. The van der Waals surface area contributed by atoms with Crippen LogP contribution in [-0.2, 0) is 6.54 Å². The minimum Gasteiger partial charge on any atom is -0.296 e. The predicted molar refractivity (Wildman–Crippen MR) is 105 cm³/mol. The minimum atomic E-state index is 0.807. The summed E-state index contributed by atoms with van der Waals surface area (Å²) in [6.07, 6.45) is 1.93. The number of hydrogen-bond donors (Lipinski definition) is 0. The van der Waals surface area contributed by atoms with Gasteiger partial charge in [0.05, 0.1) is 12.8 Å². The molecule has 0 spiro atoms. The minimum absolute atomic E-state index is 0.807. The van der Waals surface area contributed by atoms with Gasteiger partial charge in [0.15, 0.2) is 0 Å². The zero-order valence-corrected chi connectivity index (χ0v) is 14.3. The molecule has 0 bridgehead atoms. The molecule has 0 N–H and O–H groups in total. The molecule has 1 aromatic heterocycles. The van der Waals surface area contributed by atoms with E-state index in [9.17, 15) is 0 Å². The SMILES string of the molecule is CN(Cc1cccc2ccsc12)/N=C\c1ccc2ccccc2c1. The quantitative estimate of drug-likeness (QED) is 0.355. The highest BCUT2D eigenvalue weighted by Crippen LogP contribution is 2.25. The number of nitrogens with zero attached hydrogens (tertiary/aromatic N) is 2. The van der Waals surface area contributed by atoms with Gasteiger partial charge in [-0.15, -0.1) is 11.3 Å². The van der Waals surface area contributed by atoms with Crippen LogP contribution in [0.3, 0.4) is 0 Å². The fourth-order valence-electron chi connectivity index (χ4n) is 2.92. The van der Waals surface area contributed by atoms with E-state index in [0.717, 1.165) is 12.1 Å². The van der Waals surface area contributed by atoms with Crippen molar-refractivity contribution in [1.29, 1.82) is 0 Å². The molecule has 0 aliphatic carbocycles. The fraction of sp³-hybridized carbons (Fsp3) is 0.0952. The summed E-state index contributed by atoms with van der Waals surface area (Å²) in [5.41, 5.74) is 2.44. The van der Waals surface area contributed by atoms with Crippen molar-refractivity contribution < 1.29 is 0 Å². The molecule has 0 aliphatic heterocycles. The van der Waals surface area contributed by atoms with Gasteiger partial charge in [-0.25, -0.2) is 0 Å². The van der Waals surface area contributed by atoms with E-state index in [-0.39, 0.29) is 0 Å². The molecule has 24 heavy (non-hydrogen) atoms. The number of hydrazone groups is 1. The number of fused-ring (bicyclic) bond motifs is 2. The maximum Gasteiger partial charge on any atom is 0.0621 e. The molecule has 0 atom stereocenters. The van der Waals surface area contributed by atoms with Gasteiger partial charge < -0.3 is 0 Å². The lowest BCUT2D eigenvalue weighted by Gasteiger charge is -2.13. The summed E-state index contributed by atoms with van der Waals surface area (Å²) >= 11 is 1.79. The van der Waals surface area contributed by atoms with Gasteiger partial charge in [-0.05, 0) is 44.8 Å². The number of rotatable bonds is 4. The molecule has 3 aromatic carbocycles. The van der Waals surface area contributed by atoms with E-state index >= 15 is 0 Å². The molecule has 118 valence electrons. The van der Waals surface area contributed by atoms with E-state index in [0.29, 0.717) is 0 Å². The van der Waals surface area contributed by atoms with Crippen molar-refractivity contribution in [3.63, 3.8) is 0 Å². The van der Waals surface area contributed by atoms with E-state index in [1.165, 1.54) is 26.4 Å². The molecule has 4 rings (SSSR count). The number of benzene rings is 3. The topological polar surface area (TPSA) is 15.6 Å². The molecule has 0 radical (unpaired) electrons. The Morgan fingerprint density at radius 2 is 1.75 bits per heavy atom. The molecule has 1 heterocycles. The van der Waals surface area contributed by atoms with Crippen molar-refractivity contribution >= 4 is 38.4 Å². The van der Waals surface area contributed by atoms with Crippen LogP contribution in [-0.4, -0.2) is 18.3 Å². The van der Waals surface area contributed by atoms with Gasteiger partial charge in [-0.2, -0.15) is 5.10 Å². The Morgan fingerprint density at radius 3 is 2.67 bits per heavy atom. The van der Waals surface area contributed by atoms with Crippen LogP contribution >= 0.6 is 11.3 Å². The Morgan fingerprint density at radius 1 is 0.917 bits per heavy atom. The third kappa shape index (κ3) is 3.03. The summed E-state index contributed by atoms with van der Waals surface area (Å²) in [5.74, 6) is 0. The summed E-state index contributed by atoms with van der Waals surface area (Å²) in [4.78, 5) is 0. The van der Waals surface area contributed by atoms with Crippen LogP contribution in [0.4, 0.5) is 0 Å². The summed E-state index contributed by atoms with van der Waals surface area (Å²) in [7, 11) is 2.02. The molecule has 0 fully saturated rings. The standard InChI is InChI=1S/C21H18N2S/c1-23(15-20-8-4-7-18-11-12-24-21(18)20)22-14-16-9-10-17-5-2-3-6-19(17)13-16/h2-14H,15H2,1H3/b22-14-. The first kappa shape index (κ1) is 14.9. The molecule has 2 nitrogen and oxygen atoms in total. The van der Waals surface area contributed by atoms with Crippen molar-refractivity contribution in [3.8, 4) is 0 Å². The molecule has 0 unspecified atom stereocenters. The lowest BCUT2D eigenvalue weighted by atomic mass is 10.1. The first-order valence-electron chi connectivity index (χ1n) is 7.99. The summed E-state index contributed by atoms with van der Waals surface area (Å²) in [6.45, 7) is 0.807. The predicted octanol–water partition coefficient (Wildman–Crippen LogP) is 5.52. The van der Waals surface area contributed by atoms with Gasteiger partial charge in [0.1, 0.15) is 0 Å². The van der Waals surface area contributed by atoms with E-state index in [4.69, 9.17) is 0 Å². The second-order valence-corrected chi connectivity index (χ2v) is 6.84. The zero-order valence-electron chi connectivity index (χ0n) is 13.5. The maximum absolute atomic E-state index is 4.60. The molecule has 0 aliphatic rings. The Bertz CT molecular complexity index is 1020. The van der Waals surface area contributed by atoms with E-state index < -0.39 is 0 Å². The van der Waals surface area contributed by atoms with Crippen LogP contribution in [0.1, 0.15) is 11.1 Å². The van der Waals surface area contributed by atoms with E-state index in [1.54, 1.807) is 11.3 Å². The van der Waals surface area contributed by atoms with Crippen LogP contribution < -0.4 is 0 Å². The Balaban J connectivity index is 1.53. The van der Waals surface area contributed by atoms with Crippen LogP contribution in [0, 0.1) is 0 Å². The summed E-state index contributed by atoms with van der Waals surface area (Å²) in [6, 6.07) is 23.4. The Hall–Kier alpha value is -2.65. The third-order valence-electron chi connectivity index (χ3n) is 4.14. The van der Waals surface area contributed by atoms with E-state index in [2.05, 4.69) is 77.2 Å². The first-order chi connectivity index (χ1) is 11.8. The highest BCUT2D eigenvalue weighted by atomic mass is 32.1. The second-order valence-electron chi connectivity index (χ2n) is 5.92. The highest BCUT2D eigenvalue weighted by Gasteiger charge is 2.04. The highest BCUT2D eigenvalue weighted by molar-refractivity contribution is 7.17. The molecular weight excluding hydrogens is 312 g/mol. The average molecular weight is 330 g/mol. The lowest BCUT2D eigenvalue weighted by molar-refractivity contribution is 0.350. The van der Waals surface area contributed by atoms with E-state index in [1.807, 2.05) is 18.3 Å². The maximum atomic E-state index is 4.60. The summed E-state index contributed by atoms with van der Waals surface area (Å²) in [5, 5.41) is 12.5. The first-order valence-corrected chi connectivity index (χ1v) is 8.86. The van der Waals surface area contributed by atoms with Gasteiger partial charge >= 0.3 is 0 Å². The van der Waals surface area contributed by atoms with Crippen molar-refractivity contribution in [2.45, 2.75) is 6.54 Å². The average Bonchev–Trinajstić information content (AvgIpc) is 3.10. The van der Waals surface area contributed by atoms with Gasteiger partial charge in [0.2, 0.25) is 0 Å². The monoisotopic (exact) mass is 330 g/mol. The lowest BCUT2D eigenvalue weighted by Crippen LogP contribution is -2.10. The van der Waals surface area contributed by atoms with Gasteiger partial charge in [0, 0.05) is 11.7 Å². The molecule has 3 heteroatoms. The van der Waals surface area contributed by atoms with Gasteiger partial charge in [-0.3, -0.25) is 5.01 Å². The number of hydrogen-bond acceptors (Lipinski definition) is 3. The van der Waals surface area contributed by atoms with Crippen molar-refractivity contribution in [3.05, 3.63) is 83.2 Å². The zero-order chi connectivity index (χ0) is 16.4. The molecule has 0 saturated carbocycles. The van der Waals surface area contributed by atoms with Crippen molar-refractivity contribution in [1.82, 2.24) is 5.01 Å². The normalized spacial score (nSPS) is 11.5. The molecular formula is C21H18N2S. The molecule has 0 saturated heterocycles. The van der Waals surface area contributed by atoms with Gasteiger partial charge in [-0.1, -0.05) is 54.6 Å². The second kappa shape index (κ2) is 6.46. The van der Waals surface area contributed by atoms with Crippen LogP contribution in [0.5, 0.6) is 0 Å². The third-order valence-corrected chi connectivity index (χ3v) is 5.14. The smallest absolute Gasteiger partial charge is 0.0621 e. The van der Waals surface area contributed by atoms with Crippen LogP contribution in [0.2, 0.25) is 0 Å². The largest absolute Gasteiger partial charge is 0.296 e.